The molecule has 1 aliphatic heterocycles. The zero-order valence-corrected chi connectivity index (χ0v) is 7.73. The van der Waals surface area contributed by atoms with Crippen molar-refractivity contribution in [3.63, 3.8) is 0 Å². The summed E-state index contributed by atoms with van der Waals surface area (Å²) in [6, 6.07) is 2.83. The molecule has 2 rings (SSSR count). The minimum absolute atomic E-state index is 0.269. The third-order valence-electron chi connectivity index (χ3n) is 2.13. The topological polar surface area (TPSA) is 77.2 Å². The van der Waals surface area contributed by atoms with Crippen LogP contribution in [0.5, 0.6) is 5.75 Å². The Kier molecular flexibility index (Phi) is 2.09. The van der Waals surface area contributed by atoms with E-state index in [1.54, 1.807) is 25.3 Å². The van der Waals surface area contributed by atoms with E-state index >= 15 is 0 Å². The van der Waals surface area contributed by atoms with E-state index < -0.39 is 6.04 Å². The van der Waals surface area contributed by atoms with Crippen LogP contribution < -0.4 is 15.8 Å². The average molecular weight is 193 g/mol. The molecule has 0 spiro atoms. The van der Waals surface area contributed by atoms with Crippen molar-refractivity contribution < 1.29 is 9.53 Å². The molecule has 2 heterocycles. The number of fused-ring (bicyclic) bond motifs is 1. The molecule has 0 saturated heterocycles. The van der Waals surface area contributed by atoms with Crippen molar-refractivity contribution in [3.05, 3.63) is 18.3 Å². The molecule has 1 amide bonds. The van der Waals surface area contributed by atoms with E-state index in [4.69, 9.17) is 10.5 Å². The molecule has 0 aromatic carbocycles. The molecule has 5 nitrogen and oxygen atoms in total. The smallest absolute Gasteiger partial charge is 0.246 e. The van der Waals surface area contributed by atoms with Gasteiger partial charge in [0.15, 0.2) is 11.6 Å². The predicted octanol–water partition coefficient (Wildman–Crippen LogP) is 0.128. The fourth-order valence-corrected chi connectivity index (χ4v) is 1.27. The van der Waals surface area contributed by atoms with Crippen molar-refractivity contribution in [2.75, 3.05) is 5.32 Å². The van der Waals surface area contributed by atoms with Crippen LogP contribution in [0.1, 0.15) is 6.92 Å². The van der Waals surface area contributed by atoms with Crippen LogP contribution in [0.2, 0.25) is 0 Å². The third kappa shape index (κ3) is 1.42. The van der Waals surface area contributed by atoms with Crippen LogP contribution in [0.3, 0.4) is 0 Å². The summed E-state index contributed by atoms with van der Waals surface area (Å²) in [6.45, 7) is 1.76. The highest BCUT2D eigenvalue weighted by atomic mass is 16.5. The van der Waals surface area contributed by atoms with Crippen molar-refractivity contribution >= 4 is 11.7 Å². The summed E-state index contributed by atoms with van der Waals surface area (Å²) < 4.78 is 5.47. The van der Waals surface area contributed by atoms with Gasteiger partial charge < -0.3 is 15.8 Å². The Morgan fingerprint density at radius 2 is 2.43 bits per heavy atom. The first kappa shape index (κ1) is 8.96. The fourth-order valence-electron chi connectivity index (χ4n) is 1.27. The SMILES string of the molecule is C[C@H]1Oc2cccnc2NC(=O)[C@H]1N. The Labute approximate surface area is 81.3 Å². The number of ether oxygens (including phenoxy) is 1. The minimum atomic E-state index is -0.663. The molecule has 14 heavy (non-hydrogen) atoms. The number of hydrogen-bond donors (Lipinski definition) is 2. The maximum Gasteiger partial charge on any atom is 0.246 e. The second kappa shape index (κ2) is 3.26. The van der Waals surface area contributed by atoms with Crippen LogP contribution in [0.25, 0.3) is 0 Å². The molecule has 1 aromatic rings. The fraction of sp³-hybridized carbons (Fsp3) is 0.333. The molecule has 2 atom stereocenters. The summed E-state index contributed by atoms with van der Waals surface area (Å²) in [5, 5.41) is 2.60. The molecule has 0 aliphatic carbocycles. The first-order chi connectivity index (χ1) is 6.68. The lowest BCUT2D eigenvalue weighted by Crippen LogP contribution is -2.44. The third-order valence-corrected chi connectivity index (χ3v) is 2.13. The zero-order chi connectivity index (χ0) is 10.1. The first-order valence-corrected chi connectivity index (χ1v) is 4.36. The average Bonchev–Trinajstić information content (AvgIpc) is 2.28. The Balaban J connectivity index is 2.39. The number of carbonyl (C=O) groups excluding carboxylic acids is 1. The van der Waals surface area contributed by atoms with Crippen molar-refractivity contribution in [3.8, 4) is 5.75 Å². The second-order valence-electron chi connectivity index (χ2n) is 3.19. The predicted molar refractivity (Wildman–Crippen MR) is 50.9 cm³/mol. The van der Waals surface area contributed by atoms with Crippen molar-refractivity contribution in [2.45, 2.75) is 19.1 Å². The number of pyridine rings is 1. The van der Waals surface area contributed by atoms with E-state index in [2.05, 4.69) is 10.3 Å². The van der Waals surface area contributed by atoms with Gasteiger partial charge in [-0.2, -0.15) is 0 Å². The Bertz CT molecular complexity index is 367. The largest absolute Gasteiger partial charge is 0.485 e. The molecular formula is C9H11N3O2. The Morgan fingerprint density at radius 3 is 3.21 bits per heavy atom. The van der Waals surface area contributed by atoms with Crippen LogP contribution in [0, 0.1) is 0 Å². The highest BCUT2D eigenvalue weighted by Gasteiger charge is 2.27. The standard InChI is InChI=1S/C9H11N3O2/c1-5-7(10)9(13)12-8-6(14-5)3-2-4-11-8/h2-5,7H,10H2,1H3,(H,11,12,13)/t5-,7+/m1/s1. The molecule has 1 aromatic heterocycles. The van der Waals surface area contributed by atoms with E-state index in [0.29, 0.717) is 11.6 Å². The van der Waals surface area contributed by atoms with E-state index in [1.165, 1.54) is 0 Å². The van der Waals surface area contributed by atoms with Gasteiger partial charge in [-0.1, -0.05) is 0 Å². The van der Waals surface area contributed by atoms with Crippen molar-refractivity contribution in [1.82, 2.24) is 4.98 Å². The van der Waals surface area contributed by atoms with E-state index in [9.17, 15) is 4.79 Å². The van der Waals surface area contributed by atoms with Gasteiger partial charge in [-0.25, -0.2) is 4.98 Å². The van der Waals surface area contributed by atoms with Gasteiger partial charge in [-0.3, -0.25) is 4.79 Å². The quantitative estimate of drug-likeness (QED) is 0.614. The van der Waals surface area contributed by atoms with Crippen LogP contribution in [-0.4, -0.2) is 23.0 Å². The van der Waals surface area contributed by atoms with Gasteiger partial charge in [0.1, 0.15) is 12.1 Å². The monoisotopic (exact) mass is 193 g/mol. The van der Waals surface area contributed by atoms with Crippen LogP contribution in [0.4, 0.5) is 5.82 Å². The van der Waals surface area contributed by atoms with E-state index in [-0.39, 0.29) is 12.0 Å². The summed E-state index contributed by atoms with van der Waals surface area (Å²) in [5.74, 6) is 0.716. The maximum absolute atomic E-state index is 11.4. The van der Waals surface area contributed by atoms with Crippen LogP contribution >= 0.6 is 0 Å². The second-order valence-corrected chi connectivity index (χ2v) is 3.19. The van der Waals surface area contributed by atoms with E-state index in [1.807, 2.05) is 0 Å². The van der Waals surface area contributed by atoms with Gasteiger partial charge in [0.05, 0.1) is 0 Å². The molecule has 0 bridgehead atoms. The molecular weight excluding hydrogens is 182 g/mol. The van der Waals surface area contributed by atoms with Crippen LogP contribution in [0.15, 0.2) is 18.3 Å². The van der Waals surface area contributed by atoms with Crippen LogP contribution in [-0.2, 0) is 4.79 Å². The molecule has 3 N–H and O–H groups in total. The molecule has 0 saturated carbocycles. The number of hydrogen-bond acceptors (Lipinski definition) is 4. The normalized spacial score (nSPS) is 25.7. The summed E-state index contributed by atoms with van der Waals surface area (Å²) in [4.78, 5) is 15.4. The lowest BCUT2D eigenvalue weighted by Gasteiger charge is -2.15. The maximum atomic E-state index is 11.4. The molecule has 0 unspecified atom stereocenters. The Hall–Kier alpha value is -1.62. The summed E-state index contributed by atoms with van der Waals surface area (Å²) >= 11 is 0. The highest BCUT2D eigenvalue weighted by Crippen LogP contribution is 2.25. The lowest BCUT2D eigenvalue weighted by atomic mass is 10.2. The lowest BCUT2D eigenvalue weighted by molar-refractivity contribution is -0.118. The van der Waals surface area contributed by atoms with Gasteiger partial charge >= 0.3 is 0 Å². The molecule has 5 heteroatoms. The Morgan fingerprint density at radius 1 is 1.64 bits per heavy atom. The molecule has 0 fully saturated rings. The minimum Gasteiger partial charge on any atom is -0.485 e. The number of carbonyl (C=O) groups is 1. The van der Waals surface area contributed by atoms with Gasteiger partial charge in [-0.05, 0) is 19.1 Å². The first-order valence-electron chi connectivity index (χ1n) is 4.36. The number of nitrogens with zero attached hydrogens (tertiary/aromatic N) is 1. The number of anilines is 1. The highest BCUT2D eigenvalue weighted by molar-refractivity contribution is 5.96. The van der Waals surface area contributed by atoms with Gasteiger partial charge in [0.25, 0.3) is 0 Å². The number of aromatic nitrogens is 1. The van der Waals surface area contributed by atoms with Gasteiger partial charge in [-0.15, -0.1) is 0 Å². The van der Waals surface area contributed by atoms with E-state index in [0.717, 1.165) is 0 Å². The van der Waals surface area contributed by atoms with Gasteiger partial charge in [0.2, 0.25) is 5.91 Å². The van der Waals surface area contributed by atoms with Gasteiger partial charge in [0, 0.05) is 6.20 Å². The molecule has 0 radical (unpaired) electrons. The summed E-state index contributed by atoms with van der Waals surface area (Å²) in [7, 11) is 0. The summed E-state index contributed by atoms with van der Waals surface area (Å²) in [5.41, 5.74) is 5.64. The number of amides is 1. The molecule has 74 valence electrons. The summed E-state index contributed by atoms with van der Waals surface area (Å²) in [6.07, 6.45) is 1.24. The number of rotatable bonds is 0. The number of nitrogens with one attached hydrogen (secondary N) is 1. The molecule has 1 aliphatic rings. The van der Waals surface area contributed by atoms with Crippen molar-refractivity contribution in [2.24, 2.45) is 5.73 Å². The zero-order valence-electron chi connectivity index (χ0n) is 7.73. The number of nitrogens with two attached hydrogens (primary N) is 1. The van der Waals surface area contributed by atoms with Crippen molar-refractivity contribution in [1.29, 1.82) is 0 Å².